The molecule has 1 aliphatic heterocycles. The Balaban J connectivity index is 1.70. The second-order valence-corrected chi connectivity index (χ2v) is 7.80. The van der Waals surface area contributed by atoms with Gasteiger partial charge in [-0.05, 0) is 11.5 Å². The maximum absolute atomic E-state index is 12.6. The Kier molecular flexibility index (Phi) is 5.11. The summed E-state index contributed by atoms with van der Waals surface area (Å²) in [7, 11) is 0. The van der Waals surface area contributed by atoms with Gasteiger partial charge >= 0.3 is 5.97 Å². The zero-order chi connectivity index (χ0) is 18.9. The summed E-state index contributed by atoms with van der Waals surface area (Å²) in [6, 6.07) is 8.16. The van der Waals surface area contributed by atoms with Gasteiger partial charge in [-0.1, -0.05) is 38.1 Å². The standard InChI is InChI=1S/C19H22N2O4S/c1-12(2)13-3-5-14(6-4-13)16-20-15(11-26-16)17(22)21-9-7-19(25,8-10-21)18(23)24/h3-6,11-12,25H,7-10H2,1-2H3,(H,23,24). The molecular formula is C19H22N2O4S. The van der Waals surface area contributed by atoms with Crippen molar-refractivity contribution >= 4 is 23.2 Å². The average molecular weight is 374 g/mol. The smallest absolute Gasteiger partial charge is 0.335 e. The maximum Gasteiger partial charge on any atom is 0.335 e. The number of carboxylic acid groups (broad SMARTS) is 1. The molecule has 6 nitrogen and oxygen atoms in total. The summed E-state index contributed by atoms with van der Waals surface area (Å²) in [5, 5.41) is 21.5. The Hall–Kier alpha value is -2.25. The summed E-state index contributed by atoms with van der Waals surface area (Å²) in [6.07, 6.45) is 0.0590. The number of rotatable bonds is 4. The van der Waals surface area contributed by atoms with Gasteiger partial charge < -0.3 is 15.1 Å². The number of piperidine rings is 1. The lowest BCUT2D eigenvalue weighted by Crippen LogP contribution is -2.50. The number of aliphatic carboxylic acids is 1. The van der Waals surface area contributed by atoms with Crippen LogP contribution in [0.15, 0.2) is 29.6 Å². The predicted molar refractivity (Wildman–Crippen MR) is 99.4 cm³/mol. The Bertz CT molecular complexity index is 805. The van der Waals surface area contributed by atoms with Crippen molar-refractivity contribution in [3.8, 4) is 10.6 Å². The summed E-state index contributed by atoms with van der Waals surface area (Å²) in [4.78, 5) is 29.7. The number of amides is 1. The van der Waals surface area contributed by atoms with E-state index in [2.05, 4.69) is 31.0 Å². The van der Waals surface area contributed by atoms with Gasteiger partial charge in [0.1, 0.15) is 10.7 Å². The number of hydrogen-bond acceptors (Lipinski definition) is 5. The molecule has 1 fully saturated rings. The van der Waals surface area contributed by atoms with Crippen molar-refractivity contribution in [2.24, 2.45) is 0 Å². The van der Waals surface area contributed by atoms with E-state index in [9.17, 15) is 14.7 Å². The molecule has 0 spiro atoms. The van der Waals surface area contributed by atoms with Crippen LogP contribution < -0.4 is 0 Å². The van der Waals surface area contributed by atoms with E-state index in [0.717, 1.165) is 10.6 Å². The summed E-state index contributed by atoms with van der Waals surface area (Å²) in [5.41, 5.74) is 0.846. The number of aliphatic hydroxyl groups is 1. The number of aromatic nitrogens is 1. The van der Waals surface area contributed by atoms with Gasteiger partial charge in [-0.3, -0.25) is 4.79 Å². The molecule has 1 aromatic carbocycles. The molecule has 2 heterocycles. The van der Waals surface area contributed by atoms with E-state index in [1.165, 1.54) is 16.9 Å². The van der Waals surface area contributed by atoms with E-state index < -0.39 is 11.6 Å². The molecule has 3 rings (SSSR count). The number of benzene rings is 1. The highest BCUT2D eigenvalue weighted by atomic mass is 32.1. The lowest BCUT2D eigenvalue weighted by Gasteiger charge is -2.34. The number of nitrogens with zero attached hydrogens (tertiary/aromatic N) is 2. The molecule has 1 amide bonds. The number of thiazole rings is 1. The first-order chi connectivity index (χ1) is 12.3. The van der Waals surface area contributed by atoms with E-state index in [1.807, 2.05) is 12.1 Å². The fourth-order valence-electron chi connectivity index (χ4n) is 2.97. The van der Waals surface area contributed by atoms with Crippen molar-refractivity contribution in [1.29, 1.82) is 0 Å². The van der Waals surface area contributed by atoms with Crippen molar-refractivity contribution in [3.05, 3.63) is 40.9 Å². The molecule has 0 aliphatic carbocycles. The van der Waals surface area contributed by atoms with E-state index in [0.29, 0.717) is 11.6 Å². The maximum atomic E-state index is 12.6. The van der Waals surface area contributed by atoms with Gasteiger partial charge in [-0.2, -0.15) is 0 Å². The van der Waals surface area contributed by atoms with E-state index in [1.54, 1.807) is 10.3 Å². The molecule has 7 heteroatoms. The van der Waals surface area contributed by atoms with Crippen LogP contribution in [0.5, 0.6) is 0 Å². The number of hydrogen-bond donors (Lipinski definition) is 2. The number of carbonyl (C=O) groups is 2. The SMILES string of the molecule is CC(C)c1ccc(-c2nc(C(=O)N3CCC(O)(C(=O)O)CC3)cs2)cc1. The molecule has 0 saturated carbocycles. The van der Waals surface area contributed by atoms with Gasteiger partial charge in [0.25, 0.3) is 5.91 Å². The first-order valence-electron chi connectivity index (χ1n) is 8.61. The van der Waals surface area contributed by atoms with Gasteiger partial charge in [0.2, 0.25) is 0 Å². The third-order valence-electron chi connectivity index (χ3n) is 4.82. The molecule has 0 atom stereocenters. The van der Waals surface area contributed by atoms with Crippen LogP contribution in [0.1, 0.15) is 48.7 Å². The van der Waals surface area contributed by atoms with Crippen LogP contribution >= 0.6 is 11.3 Å². The second-order valence-electron chi connectivity index (χ2n) is 6.94. The van der Waals surface area contributed by atoms with Gasteiger partial charge in [0.15, 0.2) is 5.60 Å². The number of carbonyl (C=O) groups excluding carboxylic acids is 1. The van der Waals surface area contributed by atoms with Gasteiger partial charge in [0.05, 0.1) is 0 Å². The number of carboxylic acids is 1. The zero-order valence-electron chi connectivity index (χ0n) is 14.8. The minimum Gasteiger partial charge on any atom is -0.479 e. The van der Waals surface area contributed by atoms with E-state index in [4.69, 9.17) is 5.11 Å². The highest BCUT2D eigenvalue weighted by Gasteiger charge is 2.40. The van der Waals surface area contributed by atoms with Crippen LogP contribution in [0, 0.1) is 0 Å². The van der Waals surface area contributed by atoms with Crippen molar-refractivity contribution in [2.45, 2.75) is 38.2 Å². The highest BCUT2D eigenvalue weighted by molar-refractivity contribution is 7.13. The van der Waals surface area contributed by atoms with Crippen molar-refractivity contribution < 1.29 is 19.8 Å². The third-order valence-corrected chi connectivity index (χ3v) is 5.71. The van der Waals surface area contributed by atoms with Crippen LogP contribution in [0.2, 0.25) is 0 Å². The molecule has 0 radical (unpaired) electrons. The zero-order valence-corrected chi connectivity index (χ0v) is 15.6. The Morgan fingerprint density at radius 2 is 1.81 bits per heavy atom. The van der Waals surface area contributed by atoms with Crippen LogP contribution in [0.25, 0.3) is 10.6 Å². The van der Waals surface area contributed by atoms with Crippen LogP contribution in [0.3, 0.4) is 0 Å². The summed E-state index contributed by atoms with van der Waals surface area (Å²) >= 11 is 1.41. The van der Waals surface area contributed by atoms with Gasteiger partial charge in [-0.15, -0.1) is 11.3 Å². The minimum atomic E-state index is -1.73. The number of likely N-dealkylation sites (tertiary alicyclic amines) is 1. The quantitative estimate of drug-likeness (QED) is 0.858. The van der Waals surface area contributed by atoms with Gasteiger partial charge in [0, 0.05) is 36.9 Å². The lowest BCUT2D eigenvalue weighted by molar-refractivity contribution is -0.162. The largest absolute Gasteiger partial charge is 0.479 e. The molecule has 0 bridgehead atoms. The van der Waals surface area contributed by atoms with Gasteiger partial charge in [-0.25, -0.2) is 9.78 Å². The summed E-state index contributed by atoms with van der Waals surface area (Å²) < 4.78 is 0. The molecule has 138 valence electrons. The summed E-state index contributed by atoms with van der Waals surface area (Å²) in [5.74, 6) is -0.995. The normalized spacial score (nSPS) is 16.7. The third kappa shape index (κ3) is 3.64. The minimum absolute atomic E-state index is 0.0295. The second kappa shape index (κ2) is 7.17. The van der Waals surface area contributed by atoms with E-state index >= 15 is 0 Å². The lowest BCUT2D eigenvalue weighted by atomic mass is 9.91. The first kappa shape index (κ1) is 18.5. The molecule has 1 aromatic heterocycles. The predicted octanol–water partition coefficient (Wildman–Crippen LogP) is 2.99. The topological polar surface area (TPSA) is 90.7 Å². The molecule has 2 N–H and O–H groups in total. The monoisotopic (exact) mass is 374 g/mol. The fraction of sp³-hybridized carbons (Fsp3) is 0.421. The Morgan fingerprint density at radius 1 is 1.19 bits per heavy atom. The first-order valence-corrected chi connectivity index (χ1v) is 9.49. The van der Waals surface area contributed by atoms with E-state index in [-0.39, 0.29) is 31.8 Å². The van der Waals surface area contributed by atoms with Crippen LogP contribution in [-0.4, -0.2) is 50.7 Å². The molecular weight excluding hydrogens is 352 g/mol. The molecule has 1 aliphatic rings. The fourth-order valence-corrected chi connectivity index (χ4v) is 3.77. The van der Waals surface area contributed by atoms with Crippen LogP contribution in [0.4, 0.5) is 0 Å². The Morgan fingerprint density at radius 3 is 2.35 bits per heavy atom. The van der Waals surface area contributed by atoms with Crippen molar-refractivity contribution in [3.63, 3.8) is 0 Å². The van der Waals surface area contributed by atoms with Crippen molar-refractivity contribution in [2.75, 3.05) is 13.1 Å². The highest BCUT2D eigenvalue weighted by Crippen LogP contribution is 2.28. The van der Waals surface area contributed by atoms with Crippen LogP contribution in [-0.2, 0) is 4.79 Å². The van der Waals surface area contributed by atoms with Crippen molar-refractivity contribution in [1.82, 2.24) is 9.88 Å². The molecule has 26 heavy (non-hydrogen) atoms. The molecule has 0 unspecified atom stereocenters. The average Bonchev–Trinajstić information content (AvgIpc) is 3.12. The molecule has 1 saturated heterocycles. The summed E-state index contributed by atoms with van der Waals surface area (Å²) in [6.45, 7) is 4.69. The molecule has 2 aromatic rings. The Labute approximate surface area is 156 Å².